The van der Waals surface area contributed by atoms with E-state index in [4.69, 9.17) is 16.3 Å². The van der Waals surface area contributed by atoms with Crippen LogP contribution in [-0.4, -0.2) is 41.3 Å². The third kappa shape index (κ3) is 3.90. The lowest BCUT2D eigenvalue weighted by Crippen LogP contribution is -2.46. The maximum Gasteiger partial charge on any atom is 0.270 e. The van der Waals surface area contributed by atoms with Crippen molar-refractivity contribution in [1.29, 1.82) is 0 Å². The summed E-state index contributed by atoms with van der Waals surface area (Å²) in [6.45, 7) is 0.984. The average Bonchev–Trinajstić information content (AvgIpc) is 2.45. The maximum atomic E-state index is 12.0. The van der Waals surface area contributed by atoms with Crippen molar-refractivity contribution in [3.63, 3.8) is 0 Å². The van der Waals surface area contributed by atoms with Crippen LogP contribution in [0.4, 0.5) is 5.69 Å². The molecule has 0 radical (unpaired) electrons. The Labute approximate surface area is 126 Å². The van der Waals surface area contributed by atoms with Crippen LogP contribution in [0, 0.1) is 10.1 Å². The van der Waals surface area contributed by atoms with Gasteiger partial charge in [-0.05, 0) is 6.07 Å². The number of amides is 1. The summed E-state index contributed by atoms with van der Waals surface area (Å²) in [5.41, 5.74) is -1.03. The highest BCUT2D eigenvalue weighted by molar-refractivity contribution is 6.34. The lowest BCUT2D eigenvalue weighted by molar-refractivity contribution is -0.384. The monoisotopic (exact) mass is 314 g/mol. The number of aliphatic hydroxyl groups is 1. The third-order valence-electron chi connectivity index (χ3n) is 3.41. The minimum Gasteiger partial charge on any atom is -0.388 e. The fourth-order valence-corrected chi connectivity index (χ4v) is 2.33. The van der Waals surface area contributed by atoms with Gasteiger partial charge in [-0.1, -0.05) is 11.6 Å². The summed E-state index contributed by atoms with van der Waals surface area (Å²) in [5.74, 6) is -0.477. The van der Waals surface area contributed by atoms with Gasteiger partial charge in [-0.2, -0.15) is 0 Å². The van der Waals surface area contributed by atoms with E-state index in [0.29, 0.717) is 26.1 Å². The largest absolute Gasteiger partial charge is 0.388 e. The van der Waals surface area contributed by atoms with Crippen LogP contribution in [0.25, 0.3) is 0 Å². The molecular formula is C13H15ClN2O5. The van der Waals surface area contributed by atoms with Gasteiger partial charge in [-0.3, -0.25) is 14.9 Å². The van der Waals surface area contributed by atoms with E-state index >= 15 is 0 Å². The summed E-state index contributed by atoms with van der Waals surface area (Å²) in [5, 5.41) is 23.4. The molecule has 1 aromatic carbocycles. The van der Waals surface area contributed by atoms with Gasteiger partial charge in [0.25, 0.3) is 11.6 Å². The second-order valence-corrected chi connectivity index (χ2v) is 5.35. The molecule has 7 nitrogen and oxygen atoms in total. The molecule has 2 rings (SSSR count). The topological polar surface area (TPSA) is 102 Å². The van der Waals surface area contributed by atoms with Gasteiger partial charge in [0.15, 0.2) is 0 Å². The number of halogens is 1. The van der Waals surface area contributed by atoms with Crippen molar-refractivity contribution in [3.05, 3.63) is 38.9 Å². The number of nitrogens with zero attached hydrogens (tertiary/aromatic N) is 1. The van der Waals surface area contributed by atoms with Crippen molar-refractivity contribution in [2.75, 3.05) is 19.8 Å². The molecule has 2 N–H and O–H groups in total. The van der Waals surface area contributed by atoms with Gasteiger partial charge in [-0.15, -0.1) is 0 Å². The molecule has 21 heavy (non-hydrogen) atoms. The number of hydrogen-bond donors (Lipinski definition) is 2. The van der Waals surface area contributed by atoms with Crippen molar-refractivity contribution in [2.45, 2.75) is 18.4 Å². The number of carbonyl (C=O) groups excluding carboxylic acids is 1. The predicted octanol–water partition coefficient (Wildman–Crippen LogP) is 1.52. The van der Waals surface area contributed by atoms with Crippen LogP contribution in [-0.2, 0) is 4.74 Å². The molecule has 0 unspecified atom stereocenters. The number of nitro groups is 1. The number of non-ortho nitro benzene ring substituents is 1. The average molecular weight is 315 g/mol. The highest BCUT2D eigenvalue weighted by Crippen LogP contribution is 2.23. The number of ether oxygens (including phenoxy) is 1. The van der Waals surface area contributed by atoms with E-state index in [9.17, 15) is 20.0 Å². The van der Waals surface area contributed by atoms with Crippen LogP contribution in [0.2, 0.25) is 5.02 Å². The van der Waals surface area contributed by atoms with E-state index in [-0.39, 0.29) is 22.8 Å². The lowest BCUT2D eigenvalue weighted by Gasteiger charge is -2.32. The number of carbonyl (C=O) groups is 1. The molecule has 0 saturated carbocycles. The predicted molar refractivity (Wildman–Crippen MR) is 75.4 cm³/mol. The Hall–Kier alpha value is -1.70. The van der Waals surface area contributed by atoms with Gasteiger partial charge < -0.3 is 15.2 Å². The number of nitro benzene ring substituents is 1. The molecular weight excluding hydrogens is 300 g/mol. The Morgan fingerprint density at radius 1 is 1.48 bits per heavy atom. The molecule has 0 aliphatic carbocycles. The van der Waals surface area contributed by atoms with E-state index in [1.165, 1.54) is 12.1 Å². The molecule has 1 aliphatic heterocycles. The second-order valence-electron chi connectivity index (χ2n) is 4.94. The van der Waals surface area contributed by atoms with Gasteiger partial charge in [0.2, 0.25) is 0 Å². The van der Waals surface area contributed by atoms with Gasteiger partial charge >= 0.3 is 0 Å². The first-order chi connectivity index (χ1) is 9.91. The smallest absolute Gasteiger partial charge is 0.270 e. The van der Waals surface area contributed by atoms with Crippen molar-refractivity contribution in [2.24, 2.45) is 0 Å². The summed E-state index contributed by atoms with van der Waals surface area (Å²) in [4.78, 5) is 22.0. The first-order valence-corrected chi connectivity index (χ1v) is 6.81. The summed E-state index contributed by atoms with van der Waals surface area (Å²) in [6, 6.07) is 3.63. The van der Waals surface area contributed by atoms with Crippen LogP contribution in [0.1, 0.15) is 23.2 Å². The number of rotatable bonds is 4. The molecule has 0 aromatic heterocycles. The van der Waals surface area contributed by atoms with Crippen LogP contribution in [0.15, 0.2) is 18.2 Å². The summed E-state index contributed by atoms with van der Waals surface area (Å²) in [7, 11) is 0. The van der Waals surface area contributed by atoms with Crippen molar-refractivity contribution in [1.82, 2.24) is 5.32 Å². The Balaban J connectivity index is 2.01. The molecule has 8 heteroatoms. The fraction of sp³-hybridized carbons (Fsp3) is 0.462. The first-order valence-electron chi connectivity index (χ1n) is 6.44. The minimum atomic E-state index is -0.985. The van der Waals surface area contributed by atoms with Crippen molar-refractivity contribution < 1.29 is 19.6 Å². The molecule has 1 aromatic rings. The second kappa shape index (κ2) is 6.38. The molecule has 114 valence electrons. The number of hydrogen-bond acceptors (Lipinski definition) is 5. The third-order valence-corrected chi connectivity index (χ3v) is 3.72. The number of nitrogens with one attached hydrogen (secondary N) is 1. The summed E-state index contributed by atoms with van der Waals surface area (Å²) >= 11 is 5.88. The molecule has 1 aliphatic rings. The normalized spacial score (nSPS) is 17.2. The maximum absolute atomic E-state index is 12.0. The number of benzene rings is 1. The Morgan fingerprint density at radius 3 is 2.71 bits per heavy atom. The highest BCUT2D eigenvalue weighted by atomic mass is 35.5. The summed E-state index contributed by atoms with van der Waals surface area (Å²) in [6.07, 6.45) is 0.891. The van der Waals surface area contributed by atoms with E-state index in [2.05, 4.69) is 5.32 Å². The standard InChI is InChI=1S/C13H15ClN2O5/c14-11-7-9(16(19)20)1-2-10(11)12(17)15-8-13(18)3-5-21-6-4-13/h1-2,7,18H,3-6,8H2,(H,15,17). The quantitative estimate of drug-likeness (QED) is 0.648. The van der Waals surface area contributed by atoms with Crippen LogP contribution < -0.4 is 5.32 Å². The highest BCUT2D eigenvalue weighted by Gasteiger charge is 2.30. The van der Waals surface area contributed by atoms with Gasteiger partial charge in [0.05, 0.1) is 21.1 Å². The van der Waals surface area contributed by atoms with Crippen LogP contribution >= 0.6 is 11.6 Å². The van der Waals surface area contributed by atoms with Crippen molar-refractivity contribution >= 4 is 23.2 Å². The van der Waals surface area contributed by atoms with E-state index in [1.54, 1.807) is 0 Å². The minimum absolute atomic E-state index is 0.000618. The Kier molecular flexibility index (Phi) is 4.76. The fourth-order valence-electron chi connectivity index (χ4n) is 2.07. The zero-order valence-corrected chi connectivity index (χ0v) is 11.9. The zero-order chi connectivity index (χ0) is 15.5. The van der Waals surface area contributed by atoms with E-state index < -0.39 is 16.4 Å². The molecule has 0 spiro atoms. The molecule has 1 heterocycles. The molecule has 1 saturated heterocycles. The summed E-state index contributed by atoms with van der Waals surface area (Å²) < 4.78 is 5.15. The van der Waals surface area contributed by atoms with Gasteiger partial charge in [0.1, 0.15) is 0 Å². The van der Waals surface area contributed by atoms with Crippen molar-refractivity contribution in [3.8, 4) is 0 Å². The molecule has 1 fully saturated rings. The van der Waals surface area contributed by atoms with Gasteiger partial charge in [-0.25, -0.2) is 0 Å². The zero-order valence-electron chi connectivity index (χ0n) is 11.2. The molecule has 0 bridgehead atoms. The SMILES string of the molecule is O=C(NCC1(O)CCOCC1)c1ccc([N+](=O)[O-])cc1Cl. The Bertz CT molecular complexity index is 557. The molecule has 0 atom stereocenters. The van der Waals surface area contributed by atoms with Gasteiger partial charge in [0, 0.05) is 44.7 Å². The first kappa shape index (κ1) is 15.7. The van der Waals surface area contributed by atoms with Crippen LogP contribution in [0.5, 0.6) is 0 Å². The van der Waals surface area contributed by atoms with Crippen LogP contribution in [0.3, 0.4) is 0 Å². The van der Waals surface area contributed by atoms with E-state index in [1.807, 2.05) is 0 Å². The lowest BCUT2D eigenvalue weighted by atomic mass is 9.94. The molecule has 1 amide bonds. The Morgan fingerprint density at radius 2 is 2.14 bits per heavy atom. The van der Waals surface area contributed by atoms with E-state index in [0.717, 1.165) is 6.07 Å².